The number of aliphatic imine (C=N–C) groups is 1. The second kappa shape index (κ2) is 8.93. The van der Waals surface area contributed by atoms with E-state index in [1.54, 1.807) is 11.8 Å². The number of hydrogen-bond donors (Lipinski definition) is 3. The fourth-order valence-corrected chi connectivity index (χ4v) is 5.93. The van der Waals surface area contributed by atoms with Crippen molar-refractivity contribution in [2.75, 3.05) is 5.75 Å². The van der Waals surface area contributed by atoms with Crippen molar-refractivity contribution in [2.45, 2.75) is 69.1 Å². The molecule has 0 radical (unpaired) electrons. The van der Waals surface area contributed by atoms with E-state index in [0.29, 0.717) is 18.8 Å². The summed E-state index contributed by atoms with van der Waals surface area (Å²) in [5.41, 5.74) is -0.429. The van der Waals surface area contributed by atoms with Gasteiger partial charge in [0.15, 0.2) is 0 Å². The van der Waals surface area contributed by atoms with Crippen LogP contribution in [-0.4, -0.2) is 49.8 Å². The lowest BCUT2D eigenvalue weighted by Gasteiger charge is -2.24. The molecule has 6 heteroatoms. The van der Waals surface area contributed by atoms with Crippen molar-refractivity contribution in [3.8, 4) is 0 Å². The van der Waals surface area contributed by atoms with Crippen LogP contribution in [0.15, 0.2) is 29.8 Å². The average molecular weight is 394 g/mol. The highest BCUT2D eigenvalue weighted by Gasteiger charge is 2.54. The van der Waals surface area contributed by atoms with Gasteiger partial charge in [-0.1, -0.05) is 31.1 Å². The third-order valence-corrected chi connectivity index (χ3v) is 7.47. The Kier molecular flexibility index (Phi) is 6.82. The van der Waals surface area contributed by atoms with Crippen LogP contribution in [0.5, 0.6) is 0 Å². The molecule has 150 valence electrons. The van der Waals surface area contributed by atoms with Crippen LogP contribution in [0.1, 0.15) is 51.4 Å². The van der Waals surface area contributed by atoms with Crippen LogP contribution in [0.2, 0.25) is 0 Å². The fraction of sp³-hybridized carbons (Fsp3) is 0.714. The second-order valence-electron chi connectivity index (χ2n) is 8.13. The minimum absolute atomic E-state index is 0.0278. The number of carboxylic acids is 1. The van der Waals surface area contributed by atoms with E-state index in [0.717, 1.165) is 30.1 Å². The Balaban J connectivity index is 1.62. The Hall–Kier alpha value is -1.11. The lowest BCUT2D eigenvalue weighted by atomic mass is 9.83. The number of carbonyl (C=O) groups is 1. The summed E-state index contributed by atoms with van der Waals surface area (Å²) in [5, 5.41) is 30.8. The molecule has 2 aliphatic carbocycles. The van der Waals surface area contributed by atoms with E-state index in [1.165, 1.54) is 12.8 Å². The lowest BCUT2D eigenvalue weighted by molar-refractivity contribution is -0.137. The first-order valence-corrected chi connectivity index (χ1v) is 11.0. The van der Waals surface area contributed by atoms with Crippen molar-refractivity contribution in [3.05, 3.63) is 24.8 Å². The molecule has 0 aromatic rings. The highest BCUT2D eigenvalue weighted by Crippen LogP contribution is 2.51. The monoisotopic (exact) mass is 393 g/mol. The molecule has 0 aromatic heterocycles. The topological polar surface area (TPSA) is 90.1 Å². The van der Waals surface area contributed by atoms with Gasteiger partial charge in [0.2, 0.25) is 0 Å². The highest BCUT2D eigenvalue weighted by atomic mass is 32.2. The molecule has 3 N–H and O–H groups in total. The van der Waals surface area contributed by atoms with Gasteiger partial charge in [-0.2, -0.15) is 0 Å². The van der Waals surface area contributed by atoms with Gasteiger partial charge in [-0.05, 0) is 30.9 Å². The van der Waals surface area contributed by atoms with Crippen LogP contribution < -0.4 is 0 Å². The maximum atomic E-state index is 10.6. The number of thioether (sulfide) groups is 1. The van der Waals surface area contributed by atoms with Crippen LogP contribution in [-0.2, 0) is 4.79 Å². The molecule has 5 unspecified atom stereocenters. The summed E-state index contributed by atoms with van der Waals surface area (Å²) in [6, 6.07) is 0. The van der Waals surface area contributed by atoms with Gasteiger partial charge in [-0.15, -0.1) is 18.3 Å². The Morgan fingerprint density at radius 2 is 2.15 bits per heavy atom. The van der Waals surface area contributed by atoms with E-state index < -0.39 is 23.7 Å². The molecule has 5 atom stereocenters. The Bertz CT molecular complexity index is 613. The Labute approximate surface area is 165 Å². The summed E-state index contributed by atoms with van der Waals surface area (Å²) < 4.78 is 0. The quantitative estimate of drug-likeness (QED) is 0.434. The normalized spacial score (nSPS) is 34.7. The molecule has 3 aliphatic rings. The Morgan fingerprint density at radius 1 is 1.41 bits per heavy atom. The number of nitrogens with zero attached hydrogens (tertiary/aromatic N) is 1. The van der Waals surface area contributed by atoms with Gasteiger partial charge in [-0.25, -0.2) is 0 Å². The molecule has 3 rings (SSSR count). The van der Waals surface area contributed by atoms with E-state index in [9.17, 15) is 15.0 Å². The maximum absolute atomic E-state index is 10.6. The predicted octanol–water partition coefficient (Wildman–Crippen LogP) is 3.42. The van der Waals surface area contributed by atoms with E-state index in [-0.39, 0.29) is 18.3 Å². The van der Waals surface area contributed by atoms with Crippen molar-refractivity contribution < 1.29 is 20.1 Å². The molecule has 0 spiro atoms. The van der Waals surface area contributed by atoms with Crippen LogP contribution in [0.25, 0.3) is 0 Å². The van der Waals surface area contributed by atoms with Crippen molar-refractivity contribution in [2.24, 2.45) is 22.7 Å². The molecule has 27 heavy (non-hydrogen) atoms. The van der Waals surface area contributed by atoms with Gasteiger partial charge in [-0.3, -0.25) is 9.79 Å². The third kappa shape index (κ3) is 4.66. The van der Waals surface area contributed by atoms with E-state index in [2.05, 4.69) is 6.58 Å². The molecular weight excluding hydrogens is 362 g/mol. The highest BCUT2D eigenvalue weighted by molar-refractivity contribution is 8.13. The number of aliphatic hydroxyl groups excluding tert-OH is 2. The number of hydrogen-bond acceptors (Lipinski definition) is 5. The molecule has 1 aliphatic heterocycles. The zero-order valence-corrected chi connectivity index (χ0v) is 16.6. The molecule has 0 amide bonds. The zero-order valence-electron chi connectivity index (χ0n) is 15.8. The summed E-state index contributed by atoms with van der Waals surface area (Å²) in [6.07, 6.45) is 11.6. The van der Waals surface area contributed by atoms with Gasteiger partial charge in [0.05, 0.1) is 22.8 Å². The van der Waals surface area contributed by atoms with Crippen molar-refractivity contribution in [3.63, 3.8) is 0 Å². The van der Waals surface area contributed by atoms with E-state index >= 15 is 0 Å². The van der Waals surface area contributed by atoms with Gasteiger partial charge in [0.25, 0.3) is 0 Å². The second-order valence-corrected chi connectivity index (χ2v) is 9.29. The summed E-state index contributed by atoms with van der Waals surface area (Å²) in [4.78, 5) is 15.5. The standard InChI is InChI=1S/C21H31NO4S/c1-2-21-13-18(24)15(9-10-17(23)14-6-3-4-7-14)16(21)12-19(22-21)27-11-5-8-20(25)26/h2,9-10,14-18,23-24H,1,3-8,11-13H2,(H,25,26). The molecule has 0 aromatic carbocycles. The van der Waals surface area contributed by atoms with Gasteiger partial charge in [0.1, 0.15) is 0 Å². The predicted molar refractivity (Wildman–Crippen MR) is 109 cm³/mol. The first-order valence-electron chi connectivity index (χ1n) is 10.1. The summed E-state index contributed by atoms with van der Waals surface area (Å²) in [6.45, 7) is 3.98. The van der Waals surface area contributed by atoms with Crippen molar-refractivity contribution in [1.82, 2.24) is 0 Å². The van der Waals surface area contributed by atoms with E-state index in [4.69, 9.17) is 10.1 Å². The van der Waals surface area contributed by atoms with Crippen LogP contribution in [0, 0.1) is 17.8 Å². The first kappa shape index (κ1) is 20.6. The van der Waals surface area contributed by atoms with Crippen molar-refractivity contribution in [1.29, 1.82) is 0 Å². The SMILES string of the molecule is C=CC12CC(O)C(C=CC(O)C3CCCC3)C1CC(SCCCC(=O)O)=N2. The van der Waals surface area contributed by atoms with Gasteiger partial charge < -0.3 is 15.3 Å². The molecule has 5 nitrogen and oxygen atoms in total. The molecule has 2 saturated carbocycles. The zero-order chi connectivity index (χ0) is 19.4. The molecule has 2 fully saturated rings. The molecular formula is C21H31NO4S. The van der Waals surface area contributed by atoms with Crippen LogP contribution in [0.4, 0.5) is 0 Å². The number of carboxylic acid groups (broad SMARTS) is 1. The average Bonchev–Trinajstić information content (AvgIpc) is 3.32. The summed E-state index contributed by atoms with van der Waals surface area (Å²) in [5.74, 6) is 0.467. The van der Waals surface area contributed by atoms with Crippen LogP contribution >= 0.6 is 11.8 Å². The Morgan fingerprint density at radius 3 is 2.81 bits per heavy atom. The third-order valence-electron chi connectivity index (χ3n) is 6.38. The number of aliphatic carboxylic acids is 1. The first-order chi connectivity index (χ1) is 12.9. The van der Waals surface area contributed by atoms with Gasteiger partial charge >= 0.3 is 5.97 Å². The van der Waals surface area contributed by atoms with E-state index in [1.807, 2.05) is 18.2 Å². The van der Waals surface area contributed by atoms with Crippen molar-refractivity contribution >= 4 is 22.8 Å². The minimum Gasteiger partial charge on any atom is -0.481 e. The minimum atomic E-state index is -0.766. The van der Waals surface area contributed by atoms with Crippen LogP contribution in [0.3, 0.4) is 0 Å². The summed E-state index contributed by atoms with van der Waals surface area (Å²) in [7, 11) is 0. The van der Waals surface area contributed by atoms with Gasteiger partial charge in [0, 0.05) is 31.1 Å². The number of fused-ring (bicyclic) bond motifs is 1. The molecule has 1 heterocycles. The number of rotatable bonds is 8. The number of aliphatic hydroxyl groups is 2. The largest absolute Gasteiger partial charge is 0.481 e. The summed E-state index contributed by atoms with van der Waals surface area (Å²) >= 11 is 1.63. The lowest BCUT2D eigenvalue weighted by Crippen LogP contribution is -2.26. The molecule has 0 bridgehead atoms. The smallest absolute Gasteiger partial charge is 0.303 e. The maximum Gasteiger partial charge on any atom is 0.303 e. The fourth-order valence-electron chi connectivity index (χ4n) is 4.88. The molecule has 0 saturated heterocycles.